The van der Waals surface area contributed by atoms with Crippen molar-refractivity contribution in [2.45, 2.75) is 6.92 Å². The van der Waals surface area contributed by atoms with Crippen LogP contribution in [0.2, 0.25) is 0 Å². The fourth-order valence-corrected chi connectivity index (χ4v) is 1.86. The van der Waals surface area contributed by atoms with Gasteiger partial charge in [-0.15, -0.1) is 0 Å². The van der Waals surface area contributed by atoms with Crippen LogP contribution in [0.25, 0.3) is 11.1 Å². The Balaban J connectivity index is 2.51. The van der Waals surface area contributed by atoms with E-state index in [0.717, 1.165) is 11.3 Å². The van der Waals surface area contributed by atoms with Crippen molar-refractivity contribution in [3.8, 4) is 16.9 Å². The van der Waals surface area contributed by atoms with Crippen LogP contribution in [-0.4, -0.2) is 12.2 Å². The number of phenols is 1. The van der Waals surface area contributed by atoms with E-state index in [9.17, 15) is 5.11 Å². The Morgan fingerprint density at radius 1 is 1.00 bits per heavy atom. The van der Waals surface area contributed by atoms with Crippen LogP contribution < -0.4 is 5.32 Å². The molecule has 0 aliphatic heterocycles. The van der Waals surface area contributed by atoms with Crippen LogP contribution in [0.3, 0.4) is 0 Å². The lowest BCUT2D eigenvalue weighted by molar-refractivity contribution is 0.475. The Hall–Kier alpha value is -1.96. The summed E-state index contributed by atoms with van der Waals surface area (Å²) in [6, 6.07) is 13.4. The summed E-state index contributed by atoms with van der Waals surface area (Å²) in [5.41, 5.74) is 4.65. The molecule has 2 aromatic rings. The molecule has 2 aromatic carbocycles. The van der Waals surface area contributed by atoms with Crippen molar-refractivity contribution in [3.05, 3.63) is 48.0 Å². The van der Waals surface area contributed by atoms with Gasteiger partial charge >= 0.3 is 0 Å². The molecule has 0 aliphatic rings. The molecule has 2 N–H and O–H groups in total. The first-order valence-corrected chi connectivity index (χ1v) is 5.29. The second kappa shape index (κ2) is 4.27. The Kier molecular flexibility index (Phi) is 2.82. The maximum Gasteiger partial charge on any atom is 0.115 e. The van der Waals surface area contributed by atoms with E-state index < -0.39 is 0 Å². The van der Waals surface area contributed by atoms with Crippen LogP contribution in [0, 0.1) is 6.92 Å². The van der Waals surface area contributed by atoms with E-state index >= 15 is 0 Å². The van der Waals surface area contributed by atoms with Crippen LogP contribution in [-0.2, 0) is 0 Å². The lowest BCUT2D eigenvalue weighted by Gasteiger charge is -2.11. The molecule has 16 heavy (non-hydrogen) atoms. The van der Waals surface area contributed by atoms with Crippen molar-refractivity contribution in [3.63, 3.8) is 0 Å². The number of hydrogen-bond acceptors (Lipinski definition) is 2. The van der Waals surface area contributed by atoms with Crippen LogP contribution in [0.15, 0.2) is 42.5 Å². The molecule has 0 saturated carbocycles. The van der Waals surface area contributed by atoms with E-state index in [4.69, 9.17) is 0 Å². The highest BCUT2D eigenvalue weighted by atomic mass is 16.3. The summed E-state index contributed by atoms with van der Waals surface area (Å²) in [4.78, 5) is 0. The second-order valence-corrected chi connectivity index (χ2v) is 3.78. The number of aromatic hydroxyl groups is 1. The molecule has 0 unspecified atom stereocenters. The zero-order valence-corrected chi connectivity index (χ0v) is 9.49. The molecule has 0 bridgehead atoms. The maximum atomic E-state index is 9.26. The van der Waals surface area contributed by atoms with Gasteiger partial charge in [0.1, 0.15) is 5.75 Å². The van der Waals surface area contributed by atoms with Crippen LogP contribution in [0.5, 0.6) is 5.75 Å². The van der Waals surface area contributed by atoms with Gasteiger partial charge in [0.2, 0.25) is 0 Å². The molecular weight excluding hydrogens is 198 g/mol. The molecule has 82 valence electrons. The summed E-state index contributed by atoms with van der Waals surface area (Å²) in [5, 5.41) is 12.4. The summed E-state index contributed by atoms with van der Waals surface area (Å²) < 4.78 is 0. The van der Waals surface area contributed by atoms with Crippen molar-refractivity contribution in [2.75, 3.05) is 12.4 Å². The minimum Gasteiger partial charge on any atom is -0.508 e. The van der Waals surface area contributed by atoms with Crippen LogP contribution in [0.4, 0.5) is 5.69 Å². The molecule has 2 rings (SSSR count). The fraction of sp³-hybridized carbons (Fsp3) is 0.143. The molecule has 0 fully saturated rings. The molecular formula is C14H15NO. The van der Waals surface area contributed by atoms with Crippen molar-refractivity contribution < 1.29 is 5.11 Å². The molecule has 0 spiro atoms. The van der Waals surface area contributed by atoms with Crippen LogP contribution >= 0.6 is 0 Å². The maximum absolute atomic E-state index is 9.26. The van der Waals surface area contributed by atoms with Gasteiger partial charge in [0, 0.05) is 12.7 Å². The minimum absolute atomic E-state index is 0.297. The third-order valence-electron chi connectivity index (χ3n) is 2.78. The van der Waals surface area contributed by atoms with E-state index in [0.29, 0.717) is 5.75 Å². The Labute approximate surface area is 95.6 Å². The van der Waals surface area contributed by atoms with Gasteiger partial charge in [-0.05, 0) is 41.8 Å². The molecule has 0 heterocycles. The number of phenolic OH excluding ortho intramolecular Hbond substituents is 1. The van der Waals surface area contributed by atoms with Gasteiger partial charge in [-0.25, -0.2) is 0 Å². The Bertz CT molecular complexity index is 489. The average molecular weight is 213 g/mol. The first kappa shape index (κ1) is 10.6. The van der Waals surface area contributed by atoms with Gasteiger partial charge in [-0.1, -0.05) is 24.3 Å². The van der Waals surface area contributed by atoms with Gasteiger partial charge in [0.25, 0.3) is 0 Å². The predicted molar refractivity (Wildman–Crippen MR) is 67.8 cm³/mol. The Morgan fingerprint density at radius 2 is 1.69 bits per heavy atom. The third kappa shape index (κ3) is 1.87. The summed E-state index contributed by atoms with van der Waals surface area (Å²) >= 11 is 0. The summed E-state index contributed by atoms with van der Waals surface area (Å²) in [6.45, 7) is 2.09. The highest BCUT2D eigenvalue weighted by Gasteiger charge is 2.04. The number of benzene rings is 2. The van der Waals surface area contributed by atoms with E-state index in [1.165, 1.54) is 11.1 Å². The minimum atomic E-state index is 0.297. The zero-order chi connectivity index (χ0) is 11.5. The lowest BCUT2D eigenvalue weighted by Crippen LogP contribution is -1.93. The van der Waals surface area contributed by atoms with Crippen LogP contribution in [0.1, 0.15) is 5.56 Å². The smallest absolute Gasteiger partial charge is 0.115 e. The molecule has 2 heteroatoms. The van der Waals surface area contributed by atoms with Crippen molar-refractivity contribution >= 4 is 5.69 Å². The fourth-order valence-electron chi connectivity index (χ4n) is 1.86. The predicted octanol–water partition coefficient (Wildman–Crippen LogP) is 3.41. The van der Waals surface area contributed by atoms with Gasteiger partial charge in [-0.3, -0.25) is 0 Å². The average Bonchev–Trinajstić information content (AvgIpc) is 2.31. The summed E-state index contributed by atoms with van der Waals surface area (Å²) in [7, 11) is 1.92. The van der Waals surface area contributed by atoms with Gasteiger partial charge < -0.3 is 10.4 Å². The van der Waals surface area contributed by atoms with E-state index in [2.05, 4.69) is 24.4 Å². The molecule has 0 aliphatic carbocycles. The highest BCUT2D eigenvalue weighted by molar-refractivity contribution is 5.73. The van der Waals surface area contributed by atoms with E-state index in [-0.39, 0.29) is 0 Å². The third-order valence-corrected chi connectivity index (χ3v) is 2.78. The lowest BCUT2D eigenvalue weighted by atomic mass is 9.99. The molecule has 0 amide bonds. The first-order valence-electron chi connectivity index (χ1n) is 5.29. The van der Waals surface area contributed by atoms with Crippen molar-refractivity contribution in [2.24, 2.45) is 0 Å². The quantitative estimate of drug-likeness (QED) is 0.801. The first-order chi connectivity index (χ1) is 7.72. The molecule has 0 saturated heterocycles. The molecule has 0 atom stereocenters. The van der Waals surface area contributed by atoms with Gasteiger partial charge in [-0.2, -0.15) is 0 Å². The normalized spacial score (nSPS) is 10.1. The number of nitrogens with one attached hydrogen (secondary N) is 1. The molecule has 0 aromatic heterocycles. The largest absolute Gasteiger partial charge is 0.508 e. The number of hydrogen-bond donors (Lipinski definition) is 2. The topological polar surface area (TPSA) is 32.3 Å². The van der Waals surface area contributed by atoms with Crippen molar-refractivity contribution in [1.29, 1.82) is 0 Å². The standard InChI is InChI=1S/C14H15NO/c1-10-13(4-3-5-14(10)15-2)11-6-8-12(16)9-7-11/h3-9,15-16H,1-2H3. The zero-order valence-electron chi connectivity index (χ0n) is 9.49. The summed E-state index contributed by atoms with van der Waals surface area (Å²) in [5.74, 6) is 0.297. The number of rotatable bonds is 2. The Morgan fingerprint density at radius 3 is 2.31 bits per heavy atom. The monoisotopic (exact) mass is 213 g/mol. The second-order valence-electron chi connectivity index (χ2n) is 3.78. The van der Waals surface area contributed by atoms with Gasteiger partial charge in [0.15, 0.2) is 0 Å². The SMILES string of the molecule is CNc1cccc(-c2ccc(O)cc2)c1C. The molecule has 0 radical (unpaired) electrons. The van der Waals surface area contributed by atoms with E-state index in [1.54, 1.807) is 12.1 Å². The molecule has 2 nitrogen and oxygen atoms in total. The van der Waals surface area contributed by atoms with Crippen molar-refractivity contribution in [1.82, 2.24) is 0 Å². The van der Waals surface area contributed by atoms with Gasteiger partial charge in [0.05, 0.1) is 0 Å². The summed E-state index contributed by atoms with van der Waals surface area (Å²) in [6.07, 6.45) is 0. The number of anilines is 1. The van der Waals surface area contributed by atoms with E-state index in [1.807, 2.05) is 25.2 Å². The highest BCUT2D eigenvalue weighted by Crippen LogP contribution is 2.29.